The lowest BCUT2D eigenvalue weighted by atomic mass is 10.1. The molecule has 6 heteroatoms. The van der Waals surface area contributed by atoms with Crippen molar-refractivity contribution in [1.29, 1.82) is 0 Å². The molecule has 0 unspecified atom stereocenters. The lowest BCUT2D eigenvalue weighted by Crippen LogP contribution is -2.23. The maximum Gasteiger partial charge on any atom is 0.253 e. The van der Waals surface area contributed by atoms with Crippen molar-refractivity contribution in [3.8, 4) is 0 Å². The number of benzene rings is 2. The Hall–Kier alpha value is -1.53. The Morgan fingerprint density at radius 1 is 1.14 bits per heavy atom. The molecular weight excluding hydrogens is 398 g/mol. The number of hydrogen-bond acceptors (Lipinski definition) is 3. The number of nitrogen functional groups attached to an aromatic ring is 1. The fourth-order valence-corrected chi connectivity index (χ4v) is 2.56. The van der Waals surface area contributed by atoms with Crippen LogP contribution in [0.4, 0.5) is 17.1 Å². The van der Waals surface area contributed by atoms with Gasteiger partial charge in [-0.1, -0.05) is 15.9 Å². The zero-order valence-electron chi connectivity index (χ0n) is 11.4. The van der Waals surface area contributed by atoms with E-state index in [1.165, 1.54) is 0 Å². The number of carbonyl (C=O) groups excluding carboxylic acids is 1. The predicted octanol–water partition coefficient (Wildman–Crippen LogP) is 4.29. The predicted molar refractivity (Wildman–Crippen MR) is 94.0 cm³/mol. The monoisotopic (exact) mass is 411 g/mol. The van der Waals surface area contributed by atoms with Crippen LogP contribution < -0.4 is 16.4 Å². The summed E-state index contributed by atoms with van der Waals surface area (Å²) in [6, 6.07) is 11.0. The van der Waals surface area contributed by atoms with Crippen molar-refractivity contribution in [3.63, 3.8) is 0 Å². The number of nitrogens with two attached hydrogens (primary N) is 1. The minimum Gasteiger partial charge on any atom is -0.399 e. The van der Waals surface area contributed by atoms with Crippen LogP contribution in [0.5, 0.6) is 0 Å². The molecule has 110 valence electrons. The Labute approximate surface area is 140 Å². The number of anilines is 3. The number of nitrogens with one attached hydrogen (secondary N) is 2. The molecule has 0 saturated carbocycles. The molecule has 0 radical (unpaired) electrons. The Bertz CT molecular complexity index is 674. The molecule has 4 nitrogen and oxygen atoms in total. The molecule has 0 aromatic heterocycles. The van der Waals surface area contributed by atoms with Crippen LogP contribution in [0, 0.1) is 0 Å². The summed E-state index contributed by atoms with van der Waals surface area (Å²) in [5, 5.41) is 6.04. The molecule has 2 aromatic rings. The molecule has 0 spiro atoms. The topological polar surface area (TPSA) is 67.2 Å². The molecule has 2 aromatic carbocycles. The molecule has 1 amide bonds. The first-order chi connectivity index (χ1) is 10.0. The summed E-state index contributed by atoms with van der Waals surface area (Å²) in [7, 11) is 0. The lowest BCUT2D eigenvalue weighted by Gasteiger charge is -2.14. The molecular formula is C15H15Br2N3O. The van der Waals surface area contributed by atoms with E-state index in [0.29, 0.717) is 23.5 Å². The van der Waals surface area contributed by atoms with Gasteiger partial charge in [0.25, 0.3) is 5.91 Å². The van der Waals surface area contributed by atoms with Crippen LogP contribution >= 0.6 is 31.9 Å². The van der Waals surface area contributed by atoms with E-state index in [9.17, 15) is 4.79 Å². The number of carbonyl (C=O) groups is 1. The van der Waals surface area contributed by atoms with Crippen molar-refractivity contribution >= 4 is 54.8 Å². The van der Waals surface area contributed by atoms with E-state index in [4.69, 9.17) is 5.73 Å². The summed E-state index contributed by atoms with van der Waals surface area (Å²) in [6.45, 7) is 2.45. The summed E-state index contributed by atoms with van der Waals surface area (Å²) >= 11 is 6.92. The summed E-state index contributed by atoms with van der Waals surface area (Å²) in [5.74, 6) is -0.133. The SMILES string of the molecule is CCNC(=O)c1ccc(N)cc1Nc1cc(Br)ccc1Br. The normalized spacial score (nSPS) is 10.2. The van der Waals surface area contributed by atoms with Gasteiger partial charge in [0.1, 0.15) is 0 Å². The average Bonchev–Trinajstić information content (AvgIpc) is 2.43. The molecule has 0 aliphatic carbocycles. The zero-order chi connectivity index (χ0) is 15.4. The van der Waals surface area contributed by atoms with Crippen LogP contribution in [-0.2, 0) is 0 Å². The van der Waals surface area contributed by atoms with Crippen LogP contribution in [0.15, 0.2) is 45.3 Å². The Kier molecular flexibility index (Phi) is 5.25. The first-order valence-electron chi connectivity index (χ1n) is 6.41. The minimum atomic E-state index is -0.133. The van der Waals surface area contributed by atoms with Crippen molar-refractivity contribution in [1.82, 2.24) is 5.32 Å². The van der Waals surface area contributed by atoms with Crippen LogP contribution in [0.3, 0.4) is 0 Å². The molecule has 21 heavy (non-hydrogen) atoms. The van der Waals surface area contributed by atoms with E-state index in [1.54, 1.807) is 18.2 Å². The van der Waals surface area contributed by atoms with Gasteiger partial charge in [0, 0.05) is 21.2 Å². The third kappa shape index (κ3) is 3.98. The van der Waals surface area contributed by atoms with Gasteiger partial charge in [0.2, 0.25) is 0 Å². The maximum atomic E-state index is 12.1. The van der Waals surface area contributed by atoms with E-state index < -0.39 is 0 Å². The van der Waals surface area contributed by atoms with Gasteiger partial charge in [-0.25, -0.2) is 0 Å². The molecule has 0 saturated heterocycles. The van der Waals surface area contributed by atoms with E-state index in [2.05, 4.69) is 42.5 Å². The summed E-state index contributed by atoms with van der Waals surface area (Å²) in [4.78, 5) is 12.1. The molecule has 0 aliphatic rings. The van der Waals surface area contributed by atoms with Gasteiger partial charge in [0.15, 0.2) is 0 Å². The van der Waals surface area contributed by atoms with Gasteiger partial charge in [-0.3, -0.25) is 4.79 Å². The minimum absolute atomic E-state index is 0.133. The van der Waals surface area contributed by atoms with Gasteiger partial charge >= 0.3 is 0 Å². The largest absolute Gasteiger partial charge is 0.399 e. The third-order valence-electron chi connectivity index (χ3n) is 2.82. The van der Waals surface area contributed by atoms with Crippen LogP contribution in [0.25, 0.3) is 0 Å². The summed E-state index contributed by atoms with van der Waals surface area (Å²) in [6.07, 6.45) is 0. The highest BCUT2D eigenvalue weighted by atomic mass is 79.9. The second kappa shape index (κ2) is 6.95. The van der Waals surface area contributed by atoms with Gasteiger partial charge in [-0.2, -0.15) is 0 Å². The fraction of sp³-hybridized carbons (Fsp3) is 0.133. The fourth-order valence-electron chi connectivity index (χ4n) is 1.86. The highest BCUT2D eigenvalue weighted by Gasteiger charge is 2.12. The van der Waals surface area contributed by atoms with E-state index >= 15 is 0 Å². The van der Waals surface area contributed by atoms with E-state index in [0.717, 1.165) is 14.6 Å². The van der Waals surface area contributed by atoms with Gasteiger partial charge in [0.05, 0.1) is 16.9 Å². The summed E-state index contributed by atoms with van der Waals surface area (Å²) in [5.41, 5.74) is 8.49. The van der Waals surface area contributed by atoms with E-state index in [1.807, 2.05) is 25.1 Å². The lowest BCUT2D eigenvalue weighted by molar-refractivity contribution is 0.0956. The Balaban J connectivity index is 2.40. The van der Waals surface area contributed by atoms with Crippen molar-refractivity contribution in [2.45, 2.75) is 6.92 Å². The molecule has 0 bridgehead atoms. The zero-order valence-corrected chi connectivity index (χ0v) is 14.6. The number of amides is 1. The number of hydrogen-bond donors (Lipinski definition) is 3. The quantitative estimate of drug-likeness (QED) is 0.656. The molecule has 0 aliphatic heterocycles. The second-order valence-electron chi connectivity index (χ2n) is 4.41. The highest BCUT2D eigenvalue weighted by Crippen LogP contribution is 2.31. The molecule has 2 rings (SSSR count). The van der Waals surface area contributed by atoms with Crippen LogP contribution in [0.2, 0.25) is 0 Å². The van der Waals surface area contributed by atoms with Crippen LogP contribution in [0.1, 0.15) is 17.3 Å². The second-order valence-corrected chi connectivity index (χ2v) is 6.18. The van der Waals surface area contributed by atoms with E-state index in [-0.39, 0.29) is 5.91 Å². The smallest absolute Gasteiger partial charge is 0.253 e. The number of halogens is 2. The van der Waals surface area contributed by atoms with Gasteiger partial charge in [-0.15, -0.1) is 0 Å². The average molecular weight is 413 g/mol. The molecule has 0 fully saturated rings. The first kappa shape index (κ1) is 15.9. The van der Waals surface area contributed by atoms with Crippen molar-refractivity contribution in [2.75, 3.05) is 17.6 Å². The maximum absolute atomic E-state index is 12.1. The molecule has 0 heterocycles. The van der Waals surface area contributed by atoms with Gasteiger partial charge < -0.3 is 16.4 Å². The molecule has 4 N–H and O–H groups in total. The highest BCUT2D eigenvalue weighted by molar-refractivity contribution is 9.11. The first-order valence-corrected chi connectivity index (χ1v) is 7.99. The number of rotatable bonds is 4. The Morgan fingerprint density at radius 2 is 1.90 bits per heavy atom. The van der Waals surface area contributed by atoms with Crippen molar-refractivity contribution in [3.05, 3.63) is 50.9 Å². The molecule has 0 atom stereocenters. The third-order valence-corrected chi connectivity index (χ3v) is 4.01. The van der Waals surface area contributed by atoms with Crippen LogP contribution in [-0.4, -0.2) is 12.5 Å². The Morgan fingerprint density at radius 3 is 2.62 bits per heavy atom. The van der Waals surface area contributed by atoms with Gasteiger partial charge in [-0.05, 0) is 59.3 Å². The summed E-state index contributed by atoms with van der Waals surface area (Å²) < 4.78 is 1.84. The standard InChI is InChI=1S/C15H15Br2N3O/c1-2-19-15(21)11-5-4-10(18)8-13(11)20-14-7-9(16)3-6-12(14)17/h3-8,20H,2,18H2,1H3,(H,19,21). The van der Waals surface area contributed by atoms with Crippen molar-refractivity contribution in [2.24, 2.45) is 0 Å². The van der Waals surface area contributed by atoms with Crippen molar-refractivity contribution < 1.29 is 4.79 Å².